The average Bonchev–Trinajstić information content (AvgIpc) is 2.06. The summed E-state index contributed by atoms with van der Waals surface area (Å²) in [6, 6.07) is 1.95. The highest BCUT2D eigenvalue weighted by molar-refractivity contribution is 9.10. The fourth-order valence-electron chi connectivity index (χ4n) is 1.22. The Kier molecular flexibility index (Phi) is 1.82. The maximum absolute atomic E-state index is 5.36. The molecule has 2 rings (SSSR count). The van der Waals surface area contributed by atoms with Gasteiger partial charge < -0.3 is 4.74 Å². The van der Waals surface area contributed by atoms with E-state index in [1.807, 2.05) is 6.07 Å². The van der Waals surface area contributed by atoms with Crippen LogP contribution < -0.4 is 4.74 Å². The minimum Gasteiger partial charge on any atom is -0.477 e. The Balaban J connectivity index is 2.49. The van der Waals surface area contributed by atoms with Gasteiger partial charge >= 0.3 is 0 Å². The number of rotatable bonds is 0. The number of hydrogen-bond acceptors (Lipinski definition) is 2. The van der Waals surface area contributed by atoms with E-state index in [9.17, 15) is 0 Å². The highest BCUT2D eigenvalue weighted by atomic mass is 79.9. The standard InChI is InChI=1S/C8H8BrNO/c9-7-3-4-10-8-6(7)2-1-5-11-8/h3-4H,1-2,5H2. The van der Waals surface area contributed by atoms with Gasteiger partial charge in [0.05, 0.1) is 6.61 Å². The van der Waals surface area contributed by atoms with E-state index < -0.39 is 0 Å². The molecule has 1 aliphatic heterocycles. The summed E-state index contributed by atoms with van der Waals surface area (Å²) in [5.41, 5.74) is 1.21. The number of hydrogen-bond donors (Lipinski definition) is 0. The largest absolute Gasteiger partial charge is 0.477 e. The second-order valence-electron chi connectivity index (χ2n) is 2.53. The van der Waals surface area contributed by atoms with E-state index in [1.165, 1.54) is 5.56 Å². The van der Waals surface area contributed by atoms with Crippen LogP contribution in [0.4, 0.5) is 0 Å². The van der Waals surface area contributed by atoms with Gasteiger partial charge in [-0.2, -0.15) is 0 Å². The van der Waals surface area contributed by atoms with E-state index in [2.05, 4.69) is 20.9 Å². The Morgan fingerprint density at radius 2 is 2.45 bits per heavy atom. The van der Waals surface area contributed by atoms with Crippen molar-refractivity contribution in [1.82, 2.24) is 4.98 Å². The molecule has 3 heteroatoms. The third-order valence-electron chi connectivity index (χ3n) is 1.77. The fourth-order valence-corrected chi connectivity index (χ4v) is 1.71. The topological polar surface area (TPSA) is 22.1 Å². The Bertz CT molecular complexity index is 275. The quantitative estimate of drug-likeness (QED) is 0.660. The van der Waals surface area contributed by atoms with Crippen molar-refractivity contribution < 1.29 is 4.74 Å². The molecule has 1 aliphatic rings. The lowest BCUT2D eigenvalue weighted by Gasteiger charge is -2.16. The zero-order valence-corrected chi connectivity index (χ0v) is 7.60. The van der Waals surface area contributed by atoms with E-state index in [0.29, 0.717) is 0 Å². The summed E-state index contributed by atoms with van der Waals surface area (Å²) in [4.78, 5) is 4.13. The van der Waals surface area contributed by atoms with E-state index in [1.54, 1.807) is 6.20 Å². The third kappa shape index (κ3) is 1.25. The van der Waals surface area contributed by atoms with Gasteiger partial charge in [0.25, 0.3) is 0 Å². The summed E-state index contributed by atoms with van der Waals surface area (Å²) in [5, 5.41) is 0. The monoisotopic (exact) mass is 213 g/mol. The highest BCUT2D eigenvalue weighted by Gasteiger charge is 2.13. The maximum Gasteiger partial charge on any atom is 0.217 e. The zero-order valence-electron chi connectivity index (χ0n) is 6.01. The molecule has 2 nitrogen and oxygen atoms in total. The second-order valence-corrected chi connectivity index (χ2v) is 3.38. The van der Waals surface area contributed by atoms with Crippen molar-refractivity contribution in [2.45, 2.75) is 12.8 Å². The van der Waals surface area contributed by atoms with Crippen LogP contribution in [0.15, 0.2) is 16.7 Å². The Morgan fingerprint density at radius 3 is 3.27 bits per heavy atom. The van der Waals surface area contributed by atoms with Crippen LogP contribution in [0.1, 0.15) is 12.0 Å². The summed E-state index contributed by atoms with van der Waals surface area (Å²) < 4.78 is 6.48. The van der Waals surface area contributed by atoms with Gasteiger partial charge in [-0.05, 0) is 18.9 Å². The number of halogens is 1. The number of fused-ring (bicyclic) bond motifs is 1. The van der Waals surface area contributed by atoms with Crippen molar-refractivity contribution in [3.8, 4) is 5.88 Å². The third-order valence-corrected chi connectivity index (χ3v) is 2.51. The van der Waals surface area contributed by atoms with Crippen LogP contribution in [0.5, 0.6) is 5.88 Å². The molecule has 0 N–H and O–H groups in total. The van der Waals surface area contributed by atoms with Gasteiger partial charge in [-0.25, -0.2) is 4.98 Å². The van der Waals surface area contributed by atoms with Crippen molar-refractivity contribution in [3.63, 3.8) is 0 Å². The van der Waals surface area contributed by atoms with Crippen molar-refractivity contribution in [1.29, 1.82) is 0 Å². The molecular formula is C8H8BrNO. The smallest absolute Gasteiger partial charge is 0.217 e. The number of pyridine rings is 1. The lowest BCUT2D eigenvalue weighted by atomic mass is 10.1. The molecule has 0 spiro atoms. The van der Waals surface area contributed by atoms with Crippen LogP contribution in [-0.4, -0.2) is 11.6 Å². The fraction of sp³-hybridized carbons (Fsp3) is 0.375. The van der Waals surface area contributed by atoms with E-state index in [-0.39, 0.29) is 0 Å². The summed E-state index contributed by atoms with van der Waals surface area (Å²) >= 11 is 3.46. The normalized spacial score (nSPS) is 15.4. The Labute approximate surface area is 73.7 Å². The molecule has 2 heterocycles. The second kappa shape index (κ2) is 2.81. The van der Waals surface area contributed by atoms with Crippen molar-refractivity contribution in [2.24, 2.45) is 0 Å². The number of ether oxygens (including phenoxy) is 1. The van der Waals surface area contributed by atoms with E-state index in [4.69, 9.17) is 4.74 Å². The zero-order chi connectivity index (χ0) is 7.68. The van der Waals surface area contributed by atoms with E-state index in [0.717, 1.165) is 29.8 Å². The Morgan fingerprint density at radius 1 is 1.55 bits per heavy atom. The van der Waals surface area contributed by atoms with Crippen LogP contribution in [0.3, 0.4) is 0 Å². The number of nitrogens with zero attached hydrogens (tertiary/aromatic N) is 1. The first kappa shape index (κ1) is 7.10. The molecule has 0 radical (unpaired) electrons. The van der Waals surface area contributed by atoms with Crippen molar-refractivity contribution in [2.75, 3.05) is 6.61 Å². The van der Waals surface area contributed by atoms with Crippen LogP contribution in [0.2, 0.25) is 0 Å². The molecule has 0 aromatic carbocycles. The van der Waals surface area contributed by atoms with Gasteiger partial charge in [-0.15, -0.1) is 0 Å². The van der Waals surface area contributed by atoms with Gasteiger partial charge in [-0.3, -0.25) is 0 Å². The molecule has 0 fully saturated rings. The molecule has 11 heavy (non-hydrogen) atoms. The van der Waals surface area contributed by atoms with Crippen LogP contribution in [0.25, 0.3) is 0 Å². The summed E-state index contributed by atoms with van der Waals surface area (Å²) in [5.74, 6) is 0.797. The first-order chi connectivity index (χ1) is 5.38. The molecule has 1 aromatic rings. The first-order valence-corrected chi connectivity index (χ1v) is 4.43. The summed E-state index contributed by atoms with van der Waals surface area (Å²) in [7, 11) is 0. The predicted molar refractivity (Wildman–Crippen MR) is 45.8 cm³/mol. The molecule has 58 valence electrons. The molecule has 0 unspecified atom stereocenters. The van der Waals surface area contributed by atoms with Gasteiger partial charge in [0.2, 0.25) is 5.88 Å². The van der Waals surface area contributed by atoms with Gasteiger partial charge in [0.1, 0.15) is 0 Å². The molecule has 0 atom stereocenters. The molecular weight excluding hydrogens is 206 g/mol. The van der Waals surface area contributed by atoms with Crippen molar-refractivity contribution in [3.05, 3.63) is 22.3 Å². The molecule has 0 amide bonds. The van der Waals surface area contributed by atoms with Gasteiger partial charge in [0.15, 0.2) is 0 Å². The lowest BCUT2D eigenvalue weighted by molar-refractivity contribution is 0.275. The minimum absolute atomic E-state index is 0.797. The molecule has 0 aliphatic carbocycles. The van der Waals surface area contributed by atoms with Crippen molar-refractivity contribution >= 4 is 15.9 Å². The molecule has 1 aromatic heterocycles. The Hall–Kier alpha value is -0.570. The maximum atomic E-state index is 5.36. The predicted octanol–water partition coefficient (Wildman–Crippen LogP) is 2.17. The minimum atomic E-state index is 0.797. The lowest BCUT2D eigenvalue weighted by Crippen LogP contribution is -2.09. The van der Waals surface area contributed by atoms with Gasteiger partial charge in [0, 0.05) is 16.2 Å². The average molecular weight is 214 g/mol. The van der Waals surface area contributed by atoms with Gasteiger partial charge in [-0.1, -0.05) is 15.9 Å². The SMILES string of the molecule is Brc1ccnc2c1CCCO2. The highest BCUT2D eigenvalue weighted by Crippen LogP contribution is 2.28. The number of aromatic nitrogens is 1. The molecule has 0 bridgehead atoms. The molecule has 0 saturated heterocycles. The van der Waals surface area contributed by atoms with Crippen LogP contribution in [0, 0.1) is 0 Å². The molecule has 0 saturated carbocycles. The first-order valence-electron chi connectivity index (χ1n) is 3.64. The van der Waals surface area contributed by atoms with E-state index >= 15 is 0 Å². The van der Waals surface area contributed by atoms with Crippen LogP contribution in [-0.2, 0) is 6.42 Å². The summed E-state index contributed by atoms with van der Waals surface area (Å²) in [6.45, 7) is 0.802. The summed E-state index contributed by atoms with van der Waals surface area (Å²) in [6.07, 6.45) is 3.93. The van der Waals surface area contributed by atoms with Crippen LogP contribution >= 0.6 is 15.9 Å².